The van der Waals surface area contributed by atoms with Crippen LogP contribution in [0.4, 0.5) is 0 Å². The van der Waals surface area contributed by atoms with Gasteiger partial charge < -0.3 is 4.74 Å². The molecule has 2 fully saturated rings. The van der Waals surface area contributed by atoms with Crippen LogP contribution in [0.5, 0.6) is 0 Å². The molecule has 60 valence electrons. The summed E-state index contributed by atoms with van der Waals surface area (Å²) in [5.74, 6) is -0.183. The lowest BCUT2D eigenvalue weighted by molar-refractivity contribution is -0.139. The average Bonchev–Trinajstić information content (AvgIpc) is 2.39. The van der Waals surface area contributed by atoms with Gasteiger partial charge in [0.25, 0.3) is 0 Å². The van der Waals surface area contributed by atoms with Crippen LogP contribution in [0.25, 0.3) is 0 Å². The van der Waals surface area contributed by atoms with Crippen molar-refractivity contribution in [1.82, 2.24) is 0 Å². The van der Waals surface area contributed by atoms with E-state index in [9.17, 15) is 4.79 Å². The molecule has 2 atom stereocenters. The van der Waals surface area contributed by atoms with Gasteiger partial charge in [-0.1, -0.05) is 13.5 Å². The molecule has 1 heterocycles. The number of carbonyl (C=O) groups excluding carboxylic acids is 1. The van der Waals surface area contributed by atoms with E-state index in [1.54, 1.807) is 0 Å². The van der Waals surface area contributed by atoms with Gasteiger partial charge in [-0.05, 0) is 19.3 Å². The minimum absolute atomic E-state index is 0.0307. The van der Waals surface area contributed by atoms with E-state index in [1.807, 2.05) is 0 Å². The van der Waals surface area contributed by atoms with Crippen LogP contribution in [0.2, 0.25) is 0 Å². The first kappa shape index (κ1) is 6.89. The van der Waals surface area contributed by atoms with Crippen LogP contribution < -0.4 is 0 Å². The molecule has 1 aliphatic carbocycles. The van der Waals surface area contributed by atoms with Crippen molar-refractivity contribution in [3.05, 3.63) is 12.2 Å². The summed E-state index contributed by atoms with van der Waals surface area (Å²) >= 11 is 0. The van der Waals surface area contributed by atoms with Gasteiger partial charge in [-0.25, -0.2) is 4.79 Å². The highest BCUT2D eigenvalue weighted by Crippen LogP contribution is 2.49. The summed E-state index contributed by atoms with van der Waals surface area (Å²) < 4.78 is 5.16. The molecule has 0 aromatic carbocycles. The highest BCUT2D eigenvalue weighted by molar-refractivity contribution is 5.92. The molecule has 0 radical (unpaired) electrons. The molecule has 0 aromatic rings. The highest BCUT2D eigenvalue weighted by atomic mass is 16.6. The minimum Gasteiger partial charge on any atom is -0.458 e. The summed E-state index contributed by atoms with van der Waals surface area (Å²) in [7, 11) is 0. The summed E-state index contributed by atoms with van der Waals surface area (Å²) in [6, 6.07) is 0. The zero-order valence-electron chi connectivity index (χ0n) is 6.72. The smallest absolute Gasteiger partial charge is 0.334 e. The zero-order valence-corrected chi connectivity index (χ0v) is 6.72. The minimum atomic E-state index is -0.183. The van der Waals surface area contributed by atoms with Gasteiger partial charge >= 0.3 is 5.97 Å². The third-order valence-corrected chi connectivity index (χ3v) is 3.06. The SMILES string of the molecule is C=C1C(=O)OC2CCCC12C. The summed E-state index contributed by atoms with van der Waals surface area (Å²) in [5, 5.41) is 0. The number of hydrogen-bond donors (Lipinski definition) is 0. The summed E-state index contributed by atoms with van der Waals surface area (Å²) in [4.78, 5) is 11.1. The predicted molar refractivity (Wildman–Crippen MR) is 41.0 cm³/mol. The van der Waals surface area contributed by atoms with Gasteiger partial charge in [0.1, 0.15) is 6.10 Å². The topological polar surface area (TPSA) is 26.3 Å². The molecule has 1 aliphatic heterocycles. The van der Waals surface area contributed by atoms with Crippen molar-refractivity contribution >= 4 is 5.97 Å². The first-order valence-electron chi connectivity index (χ1n) is 4.05. The molecule has 1 saturated heterocycles. The molecule has 1 saturated carbocycles. The molecular formula is C9H12O2. The second-order valence-corrected chi connectivity index (χ2v) is 3.68. The second kappa shape index (κ2) is 1.87. The van der Waals surface area contributed by atoms with Crippen molar-refractivity contribution in [3.8, 4) is 0 Å². The lowest BCUT2D eigenvalue weighted by atomic mass is 9.82. The molecule has 0 amide bonds. The summed E-state index contributed by atoms with van der Waals surface area (Å²) in [6.45, 7) is 5.86. The normalized spacial score (nSPS) is 42.5. The predicted octanol–water partition coefficient (Wildman–Crippen LogP) is 1.66. The van der Waals surface area contributed by atoms with Gasteiger partial charge in [-0.3, -0.25) is 0 Å². The second-order valence-electron chi connectivity index (χ2n) is 3.68. The number of hydrogen-bond acceptors (Lipinski definition) is 2. The number of carbonyl (C=O) groups is 1. The molecule has 0 aromatic heterocycles. The van der Waals surface area contributed by atoms with E-state index in [0.717, 1.165) is 19.3 Å². The summed E-state index contributed by atoms with van der Waals surface area (Å²) in [5.41, 5.74) is 0.650. The Hall–Kier alpha value is -0.790. The van der Waals surface area contributed by atoms with Crippen molar-refractivity contribution in [3.63, 3.8) is 0 Å². The van der Waals surface area contributed by atoms with E-state index in [-0.39, 0.29) is 17.5 Å². The van der Waals surface area contributed by atoms with Gasteiger partial charge in [0.05, 0.1) is 0 Å². The fourth-order valence-corrected chi connectivity index (χ4v) is 2.10. The molecule has 2 nitrogen and oxygen atoms in total. The Balaban J connectivity index is 2.37. The monoisotopic (exact) mass is 152 g/mol. The molecule has 2 heteroatoms. The van der Waals surface area contributed by atoms with Gasteiger partial charge in [0.15, 0.2) is 0 Å². The van der Waals surface area contributed by atoms with E-state index in [4.69, 9.17) is 4.74 Å². The van der Waals surface area contributed by atoms with Crippen LogP contribution in [0.1, 0.15) is 26.2 Å². The third kappa shape index (κ3) is 0.697. The van der Waals surface area contributed by atoms with Gasteiger partial charge in [-0.2, -0.15) is 0 Å². The molecule has 0 spiro atoms. The van der Waals surface area contributed by atoms with Crippen molar-refractivity contribution in [2.45, 2.75) is 32.3 Å². The van der Waals surface area contributed by atoms with Crippen LogP contribution in [0, 0.1) is 5.41 Å². The number of esters is 1. The van der Waals surface area contributed by atoms with Crippen molar-refractivity contribution < 1.29 is 9.53 Å². The maximum atomic E-state index is 11.1. The molecule has 11 heavy (non-hydrogen) atoms. The fraction of sp³-hybridized carbons (Fsp3) is 0.667. The lowest BCUT2D eigenvalue weighted by Gasteiger charge is -2.19. The van der Waals surface area contributed by atoms with Crippen LogP contribution >= 0.6 is 0 Å². The van der Waals surface area contributed by atoms with Crippen LogP contribution in [0.3, 0.4) is 0 Å². The van der Waals surface area contributed by atoms with Crippen LogP contribution in [0.15, 0.2) is 12.2 Å². The van der Waals surface area contributed by atoms with E-state index in [2.05, 4.69) is 13.5 Å². The Morgan fingerprint density at radius 3 is 3.09 bits per heavy atom. The molecule has 0 bridgehead atoms. The maximum Gasteiger partial charge on any atom is 0.334 e. The molecule has 0 N–H and O–H groups in total. The quantitative estimate of drug-likeness (QED) is 0.390. The van der Waals surface area contributed by atoms with E-state index >= 15 is 0 Å². The van der Waals surface area contributed by atoms with E-state index in [1.165, 1.54) is 0 Å². The molecule has 2 aliphatic rings. The third-order valence-electron chi connectivity index (χ3n) is 3.06. The Labute approximate surface area is 66.2 Å². The van der Waals surface area contributed by atoms with Crippen LogP contribution in [-0.4, -0.2) is 12.1 Å². The first-order valence-corrected chi connectivity index (χ1v) is 4.05. The number of fused-ring (bicyclic) bond motifs is 1. The maximum absolute atomic E-state index is 11.1. The van der Waals surface area contributed by atoms with E-state index in [0.29, 0.717) is 5.57 Å². The van der Waals surface area contributed by atoms with Crippen molar-refractivity contribution in [2.24, 2.45) is 5.41 Å². The van der Waals surface area contributed by atoms with Crippen LogP contribution in [-0.2, 0) is 9.53 Å². The Morgan fingerprint density at radius 1 is 1.73 bits per heavy atom. The Bertz CT molecular complexity index is 232. The zero-order chi connectivity index (χ0) is 8.06. The Morgan fingerprint density at radius 2 is 2.45 bits per heavy atom. The van der Waals surface area contributed by atoms with E-state index < -0.39 is 0 Å². The molecular weight excluding hydrogens is 140 g/mol. The molecule has 2 rings (SSSR count). The number of rotatable bonds is 0. The Kier molecular flexibility index (Phi) is 1.17. The standard InChI is InChI=1S/C9H12O2/c1-6-8(10)11-7-4-3-5-9(6,7)2/h7H,1,3-5H2,2H3. The largest absolute Gasteiger partial charge is 0.458 e. The van der Waals surface area contributed by atoms with Gasteiger partial charge in [0.2, 0.25) is 0 Å². The van der Waals surface area contributed by atoms with Crippen molar-refractivity contribution in [1.29, 1.82) is 0 Å². The average molecular weight is 152 g/mol. The summed E-state index contributed by atoms with van der Waals surface area (Å²) in [6.07, 6.45) is 3.36. The van der Waals surface area contributed by atoms with Crippen molar-refractivity contribution in [2.75, 3.05) is 0 Å². The van der Waals surface area contributed by atoms with Gasteiger partial charge in [0, 0.05) is 11.0 Å². The molecule has 2 unspecified atom stereocenters. The van der Waals surface area contributed by atoms with Gasteiger partial charge in [-0.15, -0.1) is 0 Å². The fourth-order valence-electron chi connectivity index (χ4n) is 2.10. The highest BCUT2D eigenvalue weighted by Gasteiger charge is 2.51. The number of ether oxygens (including phenoxy) is 1. The first-order chi connectivity index (χ1) is 5.14. The lowest BCUT2D eigenvalue weighted by Crippen LogP contribution is -2.21.